The Kier molecular flexibility index (Phi) is 8.12. The average molecular weight is 498 g/mol. The van der Waals surface area contributed by atoms with E-state index in [1.807, 2.05) is 16.7 Å². The van der Waals surface area contributed by atoms with Gasteiger partial charge in [-0.05, 0) is 50.3 Å². The first kappa shape index (κ1) is 24.2. The van der Waals surface area contributed by atoms with E-state index in [-0.39, 0.29) is 18.3 Å². The molecule has 10 heteroatoms. The van der Waals surface area contributed by atoms with Gasteiger partial charge in [0.1, 0.15) is 5.00 Å². The Hall–Kier alpha value is -2.98. The number of carbonyl (C=O) groups is 2. The van der Waals surface area contributed by atoms with Crippen molar-refractivity contribution in [3.8, 4) is 11.4 Å². The molecule has 0 saturated heterocycles. The minimum Gasteiger partial charge on any atom is -0.462 e. The first-order valence-corrected chi connectivity index (χ1v) is 13.1. The largest absolute Gasteiger partial charge is 0.462 e. The zero-order valence-electron chi connectivity index (χ0n) is 19.1. The molecule has 8 nitrogen and oxygen atoms in total. The fourth-order valence-electron chi connectivity index (χ4n) is 3.90. The number of anilines is 1. The molecule has 0 fully saturated rings. The third-order valence-corrected chi connectivity index (χ3v) is 7.59. The molecule has 1 N–H and O–H groups in total. The number of pyridine rings is 1. The summed E-state index contributed by atoms with van der Waals surface area (Å²) in [6, 6.07) is 3.78. The first-order valence-electron chi connectivity index (χ1n) is 11.3. The highest BCUT2D eigenvalue weighted by atomic mass is 32.2. The standard InChI is InChI=1S/C24H27N5O3S2/c1-3-13-29-21(16-8-7-12-25-15-16)27-28-24(29)33-14-11-19(30)26-22-20(23(31)32-4-2)17-9-5-6-10-18(17)34-22/h3,7-8,12,15H,1,4-6,9-11,13-14H2,2H3,(H,26,30). The Morgan fingerprint density at radius 3 is 2.94 bits per heavy atom. The number of nitrogens with one attached hydrogen (secondary N) is 1. The lowest BCUT2D eigenvalue weighted by molar-refractivity contribution is -0.115. The van der Waals surface area contributed by atoms with Crippen LogP contribution in [0.5, 0.6) is 0 Å². The van der Waals surface area contributed by atoms with E-state index in [9.17, 15) is 9.59 Å². The van der Waals surface area contributed by atoms with Crippen molar-refractivity contribution < 1.29 is 14.3 Å². The number of hydrogen-bond donors (Lipinski definition) is 1. The van der Waals surface area contributed by atoms with E-state index < -0.39 is 0 Å². The Balaban J connectivity index is 1.42. The van der Waals surface area contributed by atoms with Crippen molar-refractivity contribution in [1.29, 1.82) is 0 Å². The molecule has 3 heterocycles. The van der Waals surface area contributed by atoms with Crippen molar-refractivity contribution in [2.45, 2.75) is 50.7 Å². The van der Waals surface area contributed by atoms with Crippen LogP contribution >= 0.6 is 23.1 Å². The van der Waals surface area contributed by atoms with E-state index in [1.54, 1.807) is 25.4 Å². The molecule has 4 rings (SSSR count). The van der Waals surface area contributed by atoms with Gasteiger partial charge in [-0.15, -0.1) is 28.1 Å². The van der Waals surface area contributed by atoms with Crippen LogP contribution in [0.3, 0.4) is 0 Å². The maximum Gasteiger partial charge on any atom is 0.341 e. The number of aryl methyl sites for hydroxylation is 1. The monoisotopic (exact) mass is 497 g/mol. The van der Waals surface area contributed by atoms with Crippen LogP contribution in [0, 0.1) is 0 Å². The number of nitrogens with zero attached hydrogens (tertiary/aromatic N) is 4. The second-order valence-electron chi connectivity index (χ2n) is 7.73. The lowest BCUT2D eigenvalue weighted by Gasteiger charge is -2.12. The topological polar surface area (TPSA) is 99.0 Å². The summed E-state index contributed by atoms with van der Waals surface area (Å²) in [5.74, 6) is 0.739. The maximum atomic E-state index is 12.7. The van der Waals surface area contributed by atoms with Gasteiger partial charge >= 0.3 is 5.97 Å². The third-order valence-electron chi connectivity index (χ3n) is 5.41. The molecule has 0 bridgehead atoms. The number of aromatic nitrogens is 4. The van der Waals surface area contributed by atoms with Gasteiger partial charge in [0.15, 0.2) is 11.0 Å². The quantitative estimate of drug-likeness (QED) is 0.245. The molecule has 0 unspecified atom stereocenters. The van der Waals surface area contributed by atoms with Gasteiger partial charge in [-0.2, -0.15) is 0 Å². The second-order valence-corrected chi connectivity index (χ2v) is 9.90. The molecule has 0 aliphatic heterocycles. The number of hydrogen-bond acceptors (Lipinski definition) is 8. The summed E-state index contributed by atoms with van der Waals surface area (Å²) in [5, 5.41) is 12.9. The number of rotatable bonds is 10. The number of thiophene rings is 1. The van der Waals surface area contributed by atoms with Crippen LogP contribution in [-0.2, 0) is 28.9 Å². The van der Waals surface area contributed by atoms with Gasteiger partial charge in [0, 0.05) is 41.6 Å². The number of amides is 1. The SMILES string of the molecule is C=CCn1c(SCCC(=O)Nc2sc3c(c2C(=O)OCC)CCCC3)nnc1-c1cccnc1. The third kappa shape index (κ3) is 5.39. The molecular formula is C24H27N5O3S2. The molecule has 0 spiro atoms. The molecule has 1 aliphatic carbocycles. The molecule has 0 aromatic carbocycles. The summed E-state index contributed by atoms with van der Waals surface area (Å²) < 4.78 is 7.23. The number of fused-ring (bicyclic) bond motifs is 1. The van der Waals surface area contributed by atoms with E-state index >= 15 is 0 Å². The Labute approximate surface area is 206 Å². The summed E-state index contributed by atoms with van der Waals surface area (Å²) in [6.45, 7) is 6.47. The number of carbonyl (C=O) groups excluding carboxylic acids is 2. The van der Waals surface area contributed by atoms with Gasteiger partial charge in [0.05, 0.1) is 12.2 Å². The van der Waals surface area contributed by atoms with Crippen LogP contribution < -0.4 is 5.32 Å². The molecule has 0 radical (unpaired) electrons. The summed E-state index contributed by atoms with van der Waals surface area (Å²) in [7, 11) is 0. The van der Waals surface area contributed by atoms with Crippen molar-refractivity contribution in [3.05, 3.63) is 53.2 Å². The number of allylic oxidation sites excluding steroid dienone is 1. The van der Waals surface area contributed by atoms with Crippen LogP contribution in [0.25, 0.3) is 11.4 Å². The predicted molar refractivity (Wildman–Crippen MR) is 134 cm³/mol. The first-order chi connectivity index (χ1) is 16.6. The van der Waals surface area contributed by atoms with Crippen LogP contribution in [0.1, 0.15) is 47.0 Å². The predicted octanol–water partition coefficient (Wildman–Crippen LogP) is 4.76. The zero-order chi connectivity index (χ0) is 23.9. The second kappa shape index (κ2) is 11.4. The normalized spacial score (nSPS) is 12.7. The van der Waals surface area contributed by atoms with E-state index in [2.05, 4.69) is 27.1 Å². The lowest BCUT2D eigenvalue weighted by Crippen LogP contribution is -2.16. The van der Waals surface area contributed by atoms with Gasteiger partial charge in [0.2, 0.25) is 5.91 Å². The summed E-state index contributed by atoms with van der Waals surface area (Å²) in [5.41, 5.74) is 2.45. The summed E-state index contributed by atoms with van der Waals surface area (Å²) in [4.78, 5) is 30.7. The smallest absolute Gasteiger partial charge is 0.341 e. The van der Waals surface area contributed by atoms with Crippen LogP contribution in [-0.4, -0.2) is 44.0 Å². The minimum atomic E-state index is -0.355. The van der Waals surface area contributed by atoms with Gasteiger partial charge in [-0.1, -0.05) is 17.8 Å². The molecule has 34 heavy (non-hydrogen) atoms. The summed E-state index contributed by atoms with van der Waals surface area (Å²) in [6.07, 6.45) is 9.46. The highest BCUT2D eigenvalue weighted by Gasteiger charge is 2.27. The van der Waals surface area contributed by atoms with Gasteiger partial charge < -0.3 is 10.1 Å². The highest BCUT2D eigenvalue weighted by molar-refractivity contribution is 7.99. The van der Waals surface area contributed by atoms with E-state index in [0.717, 1.165) is 36.8 Å². The maximum absolute atomic E-state index is 12.7. The van der Waals surface area contributed by atoms with Crippen molar-refractivity contribution >= 4 is 40.0 Å². The highest BCUT2D eigenvalue weighted by Crippen LogP contribution is 2.38. The molecule has 0 atom stereocenters. The molecule has 3 aromatic heterocycles. The number of esters is 1. The minimum absolute atomic E-state index is 0.140. The van der Waals surface area contributed by atoms with Crippen molar-refractivity contribution in [3.63, 3.8) is 0 Å². The van der Waals surface area contributed by atoms with E-state index in [4.69, 9.17) is 4.74 Å². The number of ether oxygens (including phenoxy) is 1. The van der Waals surface area contributed by atoms with Crippen molar-refractivity contribution in [2.75, 3.05) is 17.7 Å². The number of thioether (sulfide) groups is 1. The molecular weight excluding hydrogens is 470 g/mol. The fraction of sp³-hybridized carbons (Fsp3) is 0.375. The molecule has 0 saturated carbocycles. The summed E-state index contributed by atoms with van der Waals surface area (Å²) >= 11 is 2.96. The fourth-order valence-corrected chi connectivity index (χ4v) is 6.07. The van der Waals surface area contributed by atoms with Crippen LogP contribution in [0.4, 0.5) is 5.00 Å². The van der Waals surface area contributed by atoms with Crippen LogP contribution in [0.2, 0.25) is 0 Å². The van der Waals surface area contributed by atoms with Gasteiger partial charge in [-0.25, -0.2) is 4.79 Å². The Morgan fingerprint density at radius 2 is 2.18 bits per heavy atom. The molecule has 1 amide bonds. The van der Waals surface area contributed by atoms with Crippen molar-refractivity contribution in [1.82, 2.24) is 19.7 Å². The lowest BCUT2D eigenvalue weighted by atomic mass is 9.95. The molecule has 1 aliphatic rings. The van der Waals surface area contributed by atoms with Gasteiger partial charge in [-0.3, -0.25) is 14.3 Å². The molecule has 3 aromatic rings. The van der Waals surface area contributed by atoms with Crippen molar-refractivity contribution in [2.24, 2.45) is 0 Å². The van der Waals surface area contributed by atoms with Crippen LogP contribution in [0.15, 0.2) is 42.3 Å². The van der Waals surface area contributed by atoms with E-state index in [1.165, 1.54) is 28.0 Å². The average Bonchev–Trinajstić information content (AvgIpc) is 3.41. The van der Waals surface area contributed by atoms with Gasteiger partial charge in [0.25, 0.3) is 0 Å². The Morgan fingerprint density at radius 1 is 1.32 bits per heavy atom. The molecule has 178 valence electrons. The Bertz CT molecular complexity index is 1170. The van der Waals surface area contributed by atoms with E-state index in [0.29, 0.717) is 40.4 Å². The zero-order valence-corrected chi connectivity index (χ0v) is 20.7.